The zero-order valence-corrected chi connectivity index (χ0v) is 19.2. The van der Waals surface area contributed by atoms with Crippen molar-refractivity contribution in [3.63, 3.8) is 0 Å². The van der Waals surface area contributed by atoms with Crippen molar-refractivity contribution in [2.45, 2.75) is 46.7 Å². The maximum Gasteiger partial charge on any atom is 0.516 e. The molecule has 0 heterocycles. The molecule has 0 unspecified atom stereocenters. The summed E-state index contributed by atoms with van der Waals surface area (Å²) in [6.07, 6.45) is 0. The summed E-state index contributed by atoms with van der Waals surface area (Å²) >= 11 is 0. The van der Waals surface area contributed by atoms with E-state index in [1.807, 2.05) is 118 Å². The van der Waals surface area contributed by atoms with Gasteiger partial charge in [-0.1, -0.05) is 65.7 Å². The SMILES string of the molecule is Cc1ccc(OP(=O)(Oc2ccc(C)cc2)N(Cc2ccccc2)C(C)(C)C)cc1. The highest BCUT2D eigenvalue weighted by molar-refractivity contribution is 7.52. The van der Waals surface area contributed by atoms with Crippen LogP contribution in [-0.2, 0) is 11.1 Å². The van der Waals surface area contributed by atoms with Crippen LogP contribution in [0.4, 0.5) is 0 Å². The van der Waals surface area contributed by atoms with Crippen molar-refractivity contribution in [3.05, 3.63) is 95.6 Å². The lowest BCUT2D eigenvalue weighted by Crippen LogP contribution is -2.40. The van der Waals surface area contributed by atoms with Gasteiger partial charge in [0.05, 0.1) is 0 Å². The monoisotopic (exact) mass is 423 g/mol. The van der Waals surface area contributed by atoms with Crippen LogP contribution < -0.4 is 9.05 Å². The van der Waals surface area contributed by atoms with E-state index in [1.165, 1.54) is 0 Å². The van der Waals surface area contributed by atoms with Crippen molar-refractivity contribution in [3.8, 4) is 11.5 Å². The topological polar surface area (TPSA) is 38.8 Å². The van der Waals surface area contributed by atoms with Crippen LogP contribution in [0.1, 0.15) is 37.5 Å². The lowest BCUT2D eigenvalue weighted by atomic mass is 10.1. The molecule has 0 spiro atoms. The van der Waals surface area contributed by atoms with Gasteiger partial charge in [0.1, 0.15) is 11.5 Å². The Bertz CT molecular complexity index is 942. The first-order valence-corrected chi connectivity index (χ1v) is 11.6. The molecule has 0 fully saturated rings. The minimum atomic E-state index is -3.76. The maximum atomic E-state index is 14.4. The average Bonchev–Trinajstić information content (AvgIpc) is 2.70. The summed E-state index contributed by atoms with van der Waals surface area (Å²) in [5, 5.41) is 0. The van der Waals surface area contributed by atoms with Crippen LogP contribution in [0.3, 0.4) is 0 Å². The van der Waals surface area contributed by atoms with Gasteiger partial charge in [0.15, 0.2) is 0 Å². The molecule has 0 aliphatic carbocycles. The third-order valence-corrected chi connectivity index (χ3v) is 6.94. The molecular formula is C25H30NO3P. The Kier molecular flexibility index (Phi) is 6.70. The smallest absolute Gasteiger partial charge is 0.404 e. The summed E-state index contributed by atoms with van der Waals surface area (Å²) in [6, 6.07) is 25.0. The van der Waals surface area contributed by atoms with Gasteiger partial charge >= 0.3 is 7.75 Å². The molecule has 0 aromatic heterocycles. The van der Waals surface area contributed by atoms with Crippen molar-refractivity contribution in [2.75, 3.05) is 0 Å². The second-order valence-corrected chi connectivity index (χ2v) is 10.3. The van der Waals surface area contributed by atoms with Crippen molar-refractivity contribution in [1.82, 2.24) is 4.67 Å². The number of nitrogens with zero attached hydrogens (tertiary/aromatic N) is 1. The molecule has 3 aromatic carbocycles. The van der Waals surface area contributed by atoms with Crippen molar-refractivity contribution >= 4 is 7.75 Å². The molecule has 0 saturated carbocycles. The van der Waals surface area contributed by atoms with E-state index in [0.29, 0.717) is 18.0 Å². The van der Waals surface area contributed by atoms with Gasteiger partial charge in [-0.15, -0.1) is 0 Å². The molecule has 3 rings (SSSR count). The highest BCUT2D eigenvalue weighted by Gasteiger charge is 2.44. The first-order chi connectivity index (χ1) is 14.2. The van der Waals surface area contributed by atoms with E-state index in [0.717, 1.165) is 16.7 Å². The zero-order chi connectivity index (χ0) is 21.8. The largest absolute Gasteiger partial charge is 0.516 e. The number of hydrogen-bond donors (Lipinski definition) is 0. The molecule has 0 bridgehead atoms. The molecule has 0 saturated heterocycles. The highest BCUT2D eigenvalue weighted by Crippen LogP contribution is 2.55. The van der Waals surface area contributed by atoms with E-state index in [4.69, 9.17) is 9.05 Å². The first-order valence-electron chi connectivity index (χ1n) is 10.1. The third kappa shape index (κ3) is 5.75. The van der Waals surface area contributed by atoms with Gasteiger partial charge in [-0.2, -0.15) is 4.67 Å². The van der Waals surface area contributed by atoms with E-state index >= 15 is 0 Å². The molecule has 3 aromatic rings. The summed E-state index contributed by atoms with van der Waals surface area (Å²) < 4.78 is 28.4. The van der Waals surface area contributed by atoms with Crippen LogP contribution in [0, 0.1) is 13.8 Å². The van der Waals surface area contributed by atoms with Crippen LogP contribution in [0.5, 0.6) is 11.5 Å². The summed E-state index contributed by atoms with van der Waals surface area (Å²) in [4.78, 5) is 0. The Balaban J connectivity index is 2.02. The second kappa shape index (κ2) is 9.07. The van der Waals surface area contributed by atoms with Gasteiger partial charge in [0, 0.05) is 12.1 Å². The van der Waals surface area contributed by atoms with Crippen molar-refractivity contribution in [1.29, 1.82) is 0 Å². The predicted molar refractivity (Wildman–Crippen MR) is 123 cm³/mol. The molecule has 0 amide bonds. The van der Waals surface area contributed by atoms with Gasteiger partial charge in [-0.05, 0) is 64.4 Å². The van der Waals surface area contributed by atoms with Gasteiger partial charge in [-0.3, -0.25) is 0 Å². The maximum absolute atomic E-state index is 14.4. The molecule has 30 heavy (non-hydrogen) atoms. The van der Waals surface area contributed by atoms with Gasteiger partial charge in [0.25, 0.3) is 0 Å². The van der Waals surface area contributed by atoms with Gasteiger partial charge < -0.3 is 9.05 Å². The lowest BCUT2D eigenvalue weighted by molar-refractivity contribution is 0.184. The Morgan fingerprint density at radius 3 is 1.57 bits per heavy atom. The van der Waals surface area contributed by atoms with Crippen LogP contribution in [0.15, 0.2) is 78.9 Å². The number of benzene rings is 3. The van der Waals surface area contributed by atoms with E-state index < -0.39 is 13.3 Å². The average molecular weight is 423 g/mol. The lowest BCUT2D eigenvalue weighted by Gasteiger charge is -2.39. The predicted octanol–water partition coefficient (Wildman–Crippen LogP) is 7.17. The number of hydrogen-bond acceptors (Lipinski definition) is 3. The van der Waals surface area contributed by atoms with Crippen LogP contribution in [0.2, 0.25) is 0 Å². The van der Waals surface area contributed by atoms with E-state index in [-0.39, 0.29) is 0 Å². The van der Waals surface area contributed by atoms with E-state index in [2.05, 4.69) is 0 Å². The fourth-order valence-corrected chi connectivity index (χ4v) is 5.11. The van der Waals surface area contributed by atoms with Crippen molar-refractivity contribution in [2.24, 2.45) is 0 Å². The molecule has 0 aliphatic heterocycles. The van der Waals surface area contributed by atoms with E-state index in [9.17, 15) is 4.57 Å². The summed E-state index contributed by atoms with van der Waals surface area (Å²) in [7, 11) is -3.76. The Hall–Kier alpha value is -2.55. The fourth-order valence-electron chi connectivity index (χ4n) is 3.03. The van der Waals surface area contributed by atoms with Crippen LogP contribution in [-0.4, -0.2) is 10.2 Å². The number of aryl methyl sites for hydroxylation is 2. The minimum absolute atomic E-state index is 0.430. The van der Waals surface area contributed by atoms with Crippen LogP contribution in [0.25, 0.3) is 0 Å². The molecule has 5 heteroatoms. The molecule has 0 aliphatic rings. The summed E-state index contributed by atoms with van der Waals surface area (Å²) in [5.74, 6) is 1.02. The molecule has 0 N–H and O–H groups in total. The van der Waals surface area contributed by atoms with Crippen LogP contribution >= 0.6 is 7.75 Å². The highest BCUT2D eigenvalue weighted by atomic mass is 31.2. The van der Waals surface area contributed by atoms with Crippen molar-refractivity contribution < 1.29 is 13.6 Å². The van der Waals surface area contributed by atoms with Gasteiger partial charge in [-0.25, -0.2) is 4.57 Å². The zero-order valence-electron chi connectivity index (χ0n) is 18.3. The molecular weight excluding hydrogens is 393 g/mol. The molecule has 4 nitrogen and oxygen atoms in total. The molecule has 0 radical (unpaired) electrons. The fraction of sp³-hybridized carbons (Fsp3) is 0.280. The summed E-state index contributed by atoms with van der Waals surface area (Å²) in [5.41, 5.74) is 2.77. The minimum Gasteiger partial charge on any atom is -0.404 e. The van der Waals surface area contributed by atoms with Gasteiger partial charge in [0.2, 0.25) is 0 Å². The number of rotatable bonds is 7. The summed E-state index contributed by atoms with van der Waals surface area (Å²) in [6.45, 7) is 10.5. The first kappa shape index (κ1) is 22.1. The van der Waals surface area contributed by atoms with E-state index in [1.54, 1.807) is 0 Å². The normalized spacial score (nSPS) is 12.1. The Labute approximate surface area is 180 Å². The second-order valence-electron chi connectivity index (χ2n) is 8.49. The third-order valence-electron chi connectivity index (χ3n) is 4.73. The Morgan fingerprint density at radius 1 is 0.733 bits per heavy atom. The quantitative estimate of drug-likeness (QED) is 0.378. The molecule has 158 valence electrons. The molecule has 0 atom stereocenters. The Morgan fingerprint density at radius 2 is 1.17 bits per heavy atom. The standard InChI is InChI=1S/C25H30NO3P/c1-20-11-15-23(16-12-20)28-30(27,29-24-17-13-21(2)14-18-24)26(25(3,4)5)19-22-9-7-6-8-10-22/h6-18H,19H2,1-5H3.